The topological polar surface area (TPSA) is 57.5 Å². The molecule has 2 N–H and O–H groups in total. The summed E-state index contributed by atoms with van der Waals surface area (Å²) in [5.74, 6) is -1.48. The number of carboxylic acids is 1. The lowest BCUT2D eigenvalue weighted by molar-refractivity contribution is -0.153. The van der Waals surface area contributed by atoms with Gasteiger partial charge >= 0.3 is 5.97 Å². The van der Waals surface area contributed by atoms with Crippen molar-refractivity contribution in [2.75, 3.05) is 0 Å². The molecule has 0 amide bonds. The van der Waals surface area contributed by atoms with Crippen LogP contribution in [0.15, 0.2) is 0 Å². The van der Waals surface area contributed by atoms with E-state index < -0.39 is 17.5 Å². The number of hydrogen-bond donors (Lipinski definition) is 2. The van der Waals surface area contributed by atoms with Crippen molar-refractivity contribution >= 4 is 5.97 Å². The van der Waals surface area contributed by atoms with Gasteiger partial charge in [0.15, 0.2) is 0 Å². The second kappa shape index (κ2) is 6.02. The second-order valence-electron chi connectivity index (χ2n) is 3.84. The van der Waals surface area contributed by atoms with Crippen molar-refractivity contribution in [1.29, 1.82) is 0 Å². The SMILES string of the molecule is CCCCC(C(=O)O)C(O)(CC)CC. The summed E-state index contributed by atoms with van der Waals surface area (Å²) in [5.41, 5.74) is -1.03. The van der Waals surface area contributed by atoms with Crippen LogP contribution in [-0.2, 0) is 4.79 Å². The Morgan fingerprint density at radius 2 is 1.79 bits per heavy atom. The lowest BCUT2D eigenvalue weighted by Crippen LogP contribution is -2.41. The van der Waals surface area contributed by atoms with Crippen LogP contribution in [0.25, 0.3) is 0 Å². The van der Waals surface area contributed by atoms with E-state index in [1.165, 1.54) is 0 Å². The number of unbranched alkanes of at least 4 members (excludes halogenated alkanes) is 1. The Bertz CT molecular complexity index is 173. The second-order valence-corrected chi connectivity index (χ2v) is 3.84. The third-order valence-corrected chi connectivity index (χ3v) is 3.02. The third kappa shape index (κ3) is 3.29. The number of rotatable bonds is 7. The van der Waals surface area contributed by atoms with Gasteiger partial charge in [0, 0.05) is 0 Å². The fourth-order valence-corrected chi connectivity index (χ4v) is 1.77. The molecular weight excluding hydrogens is 180 g/mol. The van der Waals surface area contributed by atoms with E-state index in [-0.39, 0.29) is 0 Å². The van der Waals surface area contributed by atoms with Crippen LogP contribution in [0.4, 0.5) is 0 Å². The smallest absolute Gasteiger partial charge is 0.309 e. The predicted octanol–water partition coefficient (Wildman–Crippen LogP) is 2.43. The predicted molar refractivity (Wildman–Crippen MR) is 56.2 cm³/mol. The van der Waals surface area contributed by atoms with Crippen molar-refractivity contribution in [3.05, 3.63) is 0 Å². The van der Waals surface area contributed by atoms with Gasteiger partial charge in [0.1, 0.15) is 0 Å². The van der Waals surface area contributed by atoms with Gasteiger partial charge in [-0.25, -0.2) is 0 Å². The Labute approximate surface area is 86.1 Å². The van der Waals surface area contributed by atoms with E-state index in [9.17, 15) is 9.90 Å². The maximum Gasteiger partial charge on any atom is 0.309 e. The highest BCUT2D eigenvalue weighted by Gasteiger charge is 2.37. The fourth-order valence-electron chi connectivity index (χ4n) is 1.77. The molecule has 1 atom stereocenters. The Morgan fingerprint density at radius 1 is 1.29 bits per heavy atom. The standard InChI is InChI=1S/C11H22O3/c1-4-7-8-9(10(12)13)11(14,5-2)6-3/h9,14H,4-8H2,1-3H3,(H,12,13). The van der Waals surface area contributed by atoms with Crippen molar-refractivity contribution < 1.29 is 15.0 Å². The first-order valence-corrected chi connectivity index (χ1v) is 5.47. The van der Waals surface area contributed by atoms with Crippen LogP contribution in [0.3, 0.4) is 0 Å². The van der Waals surface area contributed by atoms with Crippen LogP contribution in [0, 0.1) is 5.92 Å². The average molecular weight is 202 g/mol. The molecule has 0 aromatic rings. The first-order chi connectivity index (χ1) is 6.51. The molecule has 0 aliphatic heterocycles. The molecule has 1 unspecified atom stereocenters. The first kappa shape index (κ1) is 13.4. The molecule has 0 saturated heterocycles. The van der Waals surface area contributed by atoms with E-state index in [1.807, 2.05) is 20.8 Å². The fraction of sp³-hybridized carbons (Fsp3) is 0.909. The van der Waals surface area contributed by atoms with Gasteiger partial charge in [0.25, 0.3) is 0 Å². The number of hydrogen-bond acceptors (Lipinski definition) is 2. The van der Waals surface area contributed by atoms with Crippen molar-refractivity contribution in [1.82, 2.24) is 0 Å². The van der Waals surface area contributed by atoms with Gasteiger partial charge < -0.3 is 10.2 Å². The molecule has 0 aromatic carbocycles. The highest BCUT2D eigenvalue weighted by molar-refractivity contribution is 5.71. The lowest BCUT2D eigenvalue weighted by Gasteiger charge is -2.31. The molecule has 84 valence electrons. The molecule has 0 aliphatic rings. The molecular formula is C11H22O3. The lowest BCUT2D eigenvalue weighted by atomic mass is 9.80. The van der Waals surface area contributed by atoms with Crippen LogP contribution >= 0.6 is 0 Å². The van der Waals surface area contributed by atoms with Gasteiger partial charge in [-0.1, -0.05) is 33.6 Å². The van der Waals surface area contributed by atoms with E-state index in [1.54, 1.807) is 0 Å². The van der Waals surface area contributed by atoms with Gasteiger partial charge in [0.05, 0.1) is 11.5 Å². The summed E-state index contributed by atoms with van der Waals surface area (Å²) in [5, 5.41) is 19.1. The molecule has 0 spiro atoms. The summed E-state index contributed by atoms with van der Waals surface area (Å²) in [6, 6.07) is 0. The van der Waals surface area contributed by atoms with E-state index in [2.05, 4.69) is 0 Å². The number of carbonyl (C=O) groups is 1. The average Bonchev–Trinajstić information content (AvgIpc) is 2.17. The summed E-state index contributed by atoms with van der Waals surface area (Å²) in [6.45, 7) is 5.70. The van der Waals surface area contributed by atoms with Crippen molar-refractivity contribution in [2.45, 2.75) is 58.5 Å². The van der Waals surface area contributed by atoms with Crippen LogP contribution in [0.1, 0.15) is 52.9 Å². The van der Waals surface area contributed by atoms with E-state index in [4.69, 9.17) is 5.11 Å². The minimum atomic E-state index is -1.03. The third-order valence-electron chi connectivity index (χ3n) is 3.02. The zero-order valence-corrected chi connectivity index (χ0v) is 9.42. The molecule has 0 fully saturated rings. The Kier molecular flexibility index (Phi) is 5.77. The molecule has 0 heterocycles. The van der Waals surface area contributed by atoms with Crippen molar-refractivity contribution in [2.24, 2.45) is 5.92 Å². The summed E-state index contributed by atoms with van der Waals surface area (Å²) in [4.78, 5) is 11.0. The van der Waals surface area contributed by atoms with Crippen LogP contribution < -0.4 is 0 Å². The summed E-state index contributed by atoms with van der Waals surface area (Å²) < 4.78 is 0. The monoisotopic (exact) mass is 202 g/mol. The van der Waals surface area contributed by atoms with E-state index in [0.717, 1.165) is 12.8 Å². The first-order valence-electron chi connectivity index (χ1n) is 5.47. The quantitative estimate of drug-likeness (QED) is 0.666. The maximum atomic E-state index is 11.0. The summed E-state index contributed by atoms with van der Waals surface area (Å²) in [6.07, 6.45) is 3.41. The zero-order valence-electron chi connectivity index (χ0n) is 9.42. The molecule has 3 heteroatoms. The van der Waals surface area contributed by atoms with Crippen molar-refractivity contribution in [3.63, 3.8) is 0 Å². The Balaban J connectivity index is 4.52. The molecule has 0 aliphatic carbocycles. The summed E-state index contributed by atoms with van der Waals surface area (Å²) >= 11 is 0. The van der Waals surface area contributed by atoms with E-state index in [0.29, 0.717) is 19.3 Å². The minimum absolute atomic E-state index is 0.504. The maximum absolute atomic E-state index is 11.0. The molecule has 0 saturated carbocycles. The molecule has 0 rings (SSSR count). The van der Waals surface area contributed by atoms with E-state index >= 15 is 0 Å². The highest BCUT2D eigenvalue weighted by Crippen LogP contribution is 2.29. The molecule has 0 radical (unpaired) electrons. The molecule has 14 heavy (non-hydrogen) atoms. The molecule has 0 aromatic heterocycles. The van der Waals surface area contributed by atoms with Crippen LogP contribution in [-0.4, -0.2) is 21.8 Å². The van der Waals surface area contributed by atoms with Gasteiger partial charge in [-0.05, 0) is 19.3 Å². The summed E-state index contributed by atoms with van der Waals surface area (Å²) in [7, 11) is 0. The van der Waals surface area contributed by atoms with Crippen molar-refractivity contribution in [3.8, 4) is 0 Å². The Morgan fingerprint density at radius 3 is 2.07 bits per heavy atom. The minimum Gasteiger partial charge on any atom is -0.481 e. The number of aliphatic carboxylic acids is 1. The highest BCUT2D eigenvalue weighted by atomic mass is 16.4. The number of aliphatic hydroxyl groups is 1. The van der Waals surface area contributed by atoms with Gasteiger partial charge in [0.2, 0.25) is 0 Å². The molecule has 0 bridgehead atoms. The largest absolute Gasteiger partial charge is 0.481 e. The molecule has 3 nitrogen and oxygen atoms in total. The van der Waals surface area contributed by atoms with Gasteiger partial charge in [-0.2, -0.15) is 0 Å². The normalized spacial score (nSPS) is 14.0. The number of carboxylic acid groups (broad SMARTS) is 1. The van der Waals surface area contributed by atoms with Crippen LogP contribution in [0.5, 0.6) is 0 Å². The van der Waals surface area contributed by atoms with Crippen LogP contribution in [0.2, 0.25) is 0 Å². The Hall–Kier alpha value is -0.570. The van der Waals surface area contributed by atoms with Gasteiger partial charge in [-0.15, -0.1) is 0 Å². The zero-order chi connectivity index (χ0) is 11.2. The van der Waals surface area contributed by atoms with Gasteiger partial charge in [-0.3, -0.25) is 4.79 Å².